The fourth-order valence-corrected chi connectivity index (χ4v) is 3.37. The number of carbonyl (C=O) groups excluding carboxylic acids is 1. The van der Waals surface area contributed by atoms with Crippen LogP contribution in [0.1, 0.15) is 21.6 Å². The van der Waals surface area contributed by atoms with Crippen molar-refractivity contribution in [1.29, 1.82) is 0 Å². The summed E-state index contributed by atoms with van der Waals surface area (Å²) in [4.78, 5) is 20.3. The van der Waals surface area contributed by atoms with Gasteiger partial charge < -0.3 is 14.3 Å². The minimum Gasteiger partial charge on any atom is -0.497 e. The van der Waals surface area contributed by atoms with Gasteiger partial charge in [-0.05, 0) is 60.2 Å². The van der Waals surface area contributed by atoms with Gasteiger partial charge in [-0.3, -0.25) is 4.79 Å². The van der Waals surface area contributed by atoms with Gasteiger partial charge in [-0.25, -0.2) is 0 Å². The zero-order chi connectivity index (χ0) is 20.9. The molecule has 0 aliphatic rings. The van der Waals surface area contributed by atoms with E-state index in [0.29, 0.717) is 17.6 Å². The molecule has 0 atom stereocenters. The summed E-state index contributed by atoms with van der Waals surface area (Å²) in [6.07, 6.45) is 0.648. The zero-order valence-electron chi connectivity index (χ0n) is 16.8. The summed E-state index contributed by atoms with van der Waals surface area (Å²) >= 11 is 0. The summed E-state index contributed by atoms with van der Waals surface area (Å²) in [7, 11) is 3.55. The van der Waals surface area contributed by atoms with E-state index >= 15 is 0 Å². The molecular formula is C25H21N3O2. The van der Waals surface area contributed by atoms with Gasteiger partial charge in [0.25, 0.3) is 5.91 Å². The standard InChI is InChI=1S/C25H21N3O2/c1-28-23(19-13-15-21(30-2)16-14-19)22(17-18-9-5-3-6-10-18)26-25(28)27-24(29)20-11-7-4-8-12-20/h4-5,7-16H,17H2,1-2H3,(H,26,27,29). The molecule has 0 unspecified atom stereocenters. The van der Waals surface area contributed by atoms with E-state index in [9.17, 15) is 4.79 Å². The average Bonchev–Trinajstić information content (AvgIpc) is 3.09. The van der Waals surface area contributed by atoms with Gasteiger partial charge in [0.15, 0.2) is 0 Å². The molecule has 0 aliphatic carbocycles. The first-order valence-corrected chi connectivity index (χ1v) is 9.59. The number of hydrogen-bond donors (Lipinski definition) is 1. The highest BCUT2D eigenvalue weighted by atomic mass is 16.5. The summed E-state index contributed by atoms with van der Waals surface area (Å²) in [5, 5.41) is 0. The number of H-pyrrole nitrogens is 1. The highest BCUT2D eigenvalue weighted by Gasteiger charge is 2.14. The Balaban J connectivity index is 1.82. The summed E-state index contributed by atoms with van der Waals surface area (Å²) in [5.41, 5.74) is 5.06. The van der Waals surface area contributed by atoms with Gasteiger partial charge in [-0.2, -0.15) is 4.99 Å². The lowest BCUT2D eigenvalue weighted by molar-refractivity contribution is 0.0996. The maximum atomic E-state index is 12.6. The molecule has 0 spiro atoms. The Morgan fingerprint density at radius 2 is 1.83 bits per heavy atom. The number of imidazole rings is 1. The van der Waals surface area contributed by atoms with Crippen LogP contribution >= 0.6 is 0 Å². The van der Waals surface area contributed by atoms with Gasteiger partial charge in [-0.15, -0.1) is 0 Å². The van der Waals surface area contributed by atoms with Crippen molar-refractivity contribution in [3.8, 4) is 17.0 Å². The molecule has 3 aromatic carbocycles. The van der Waals surface area contributed by atoms with E-state index in [0.717, 1.165) is 28.3 Å². The van der Waals surface area contributed by atoms with Crippen LogP contribution in [0.5, 0.6) is 5.75 Å². The third-order valence-corrected chi connectivity index (χ3v) is 4.90. The number of hydrogen-bond acceptors (Lipinski definition) is 2. The number of benzene rings is 2. The smallest absolute Gasteiger partial charge is 0.280 e. The molecule has 4 rings (SSSR count). The number of nitrogens with zero attached hydrogens (tertiary/aromatic N) is 2. The quantitative estimate of drug-likeness (QED) is 0.556. The predicted molar refractivity (Wildman–Crippen MR) is 115 cm³/mol. The molecule has 0 saturated heterocycles. The molecule has 148 valence electrons. The van der Waals surface area contributed by atoms with Crippen molar-refractivity contribution in [2.75, 3.05) is 7.11 Å². The van der Waals surface area contributed by atoms with E-state index in [1.165, 1.54) is 0 Å². The molecular weight excluding hydrogens is 374 g/mol. The van der Waals surface area contributed by atoms with Crippen LogP contribution in [0.25, 0.3) is 11.3 Å². The Labute approximate surface area is 175 Å². The molecule has 1 aromatic heterocycles. The number of rotatable bonds is 5. The first-order valence-electron chi connectivity index (χ1n) is 9.59. The SMILES string of the molecule is COc1ccc(-c2c(Cc3cc#ccc3)[nH]/c(=N\C(=O)c3ccccc3)n2C)cc1. The Morgan fingerprint density at radius 1 is 1.07 bits per heavy atom. The minimum absolute atomic E-state index is 0.289. The van der Waals surface area contributed by atoms with Crippen molar-refractivity contribution < 1.29 is 9.53 Å². The number of ether oxygens (including phenoxy) is 1. The predicted octanol–water partition coefficient (Wildman–Crippen LogP) is 3.96. The highest BCUT2D eigenvalue weighted by molar-refractivity contribution is 5.94. The maximum absolute atomic E-state index is 12.6. The molecule has 1 amide bonds. The van der Waals surface area contributed by atoms with Crippen LogP contribution in [0.4, 0.5) is 0 Å². The number of amides is 1. The topological polar surface area (TPSA) is 59.4 Å². The number of methoxy groups -OCH3 is 1. The molecule has 1 heterocycles. The Kier molecular flexibility index (Phi) is 5.49. The molecule has 0 bridgehead atoms. The van der Waals surface area contributed by atoms with Gasteiger partial charge in [0, 0.05) is 30.3 Å². The van der Waals surface area contributed by atoms with Crippen LogP contribution < -0.4 is 10.4 Å². The van der Waals surface area contributed by atoms with E-state index in [2.05, 4.69) is 22.1 Å². The van der Waals surface area contributed by atoms with E-state index < -0.39 is 0 Å². The van der Waals surface area contributed by atoms with Crippen molar-refractivity contribution in [3.63, 3.8) is 0 Å². The summed E-state index contributed by atoms with van der Waals surface area (Å²) < 4.78 is 7.20. The van der Waals surface area contributed by atoms with E-state index in [1.54, 1.807) is 19.2 Å². The Morgan fingerprint density at radius 3 is 2.50 bits per heavy atom. The van der Waals surface area contributed by atoms with Crippen LogP contribution in [0.15, 0.2) is 77.8 Å². The summed E-state index contributed by atoms with van der Waals surface area (Å²) in [6, 6.07) is 28.6. The fourth-order valence-electron chi connectivity index (χ4n) is 3.37. The molecule has 1 N–H and O–H groups in total. The average molecular weight is 395 g/mol. The number of carbonyl (C=O) groups is 1. The molecule has 30 heavy (non-hydrogen) atoms. The Hall–Kier alpha value is -4.04. The third kappa shape index (κ3) is 4.03. The van der Waals surface area contributed by atoms with E-state index in [4.69, 9.17) is 4.74 Å². The second-order valence-corrected chi connectivity index (χ2v) is 6.86. The first-order chi connectivity index (χ1) is 14.7. The lowest BCUT2D eigenvalue weighted by atomic mass is 10.0. The number of aromatic nitrogens is 2. The third-order valence-electron chi connectivity index (χ3n) is 4.90. The van der Waals surface area contributed by atoms with Crippen LogP contribution in [0.3, 0.4) is 0 Å². The van der Waals surface area contributed by atoms with Crippen molar-refractivity contribution >= 4 is 5.91 Å². The Bertz CT molecular complexity index is 1210. The summed E-state index contributed by atoms with van der Waals surface area (Å²) in [5.74, 6) is 0.499. The van der Waals surface area contributed by atoms with Crippen LogP contribution in [0.2, 0.25) is 0 Å². The van der Waals surface area contributed by atoms with Crippen LogP contribution in [0, 0.1) is 12.1 Å². The number of aromatic amines is 1. The van der Waals surface area contributed by atoms with Crippen molar-refractivity contribution in [3.05, 3.63) is 107 Å². The molecule has 4 aromatic rings. The van der Waals surface area contributed by atoms with E-state index in [1.807, 2.05) is 72.3 Å². The molecule has 0 aliphatic heterocycles. The van der Waals surface area contributed by atoms with Gasteiger partial charge in [0.2, 0.25) is 5.62 Å². The normalized spacial score (nSPS) is 11.2. The largest absolute Gasteiger partial charge is 0.497 e. The lowest BCUT2D eigenvalue weighted by Crippen LogP contribution is -2.18. The molecule has 0 radical (unpaired) electrons. The minimum atomic E-state index is -0.289. The van der Waals surface area contributed by atoms with Gasteiger partial charge in [0.1, 0.15) is 5.75 Å². The maximum Gasteiger partial charge on any atom is 0.280 e. The molecule has 0 saturated carbocycles. The highest BCUT2D eigenvalue weighted by Crippen LogP contribution is 2.25. The molecule has 5 nitrogen and oxygen atoms in total. The van der Waals surface area contributed by atoms with E-state index in [-0.39, 0.29) is 5.91 Å². The molecule has 0 fully saturated rings. The summed E-state index contributed by atoms with van der Waals surface area (Å²) in [6.45, 7) is 0. The van der Waals surface area contributed by atoms with Crippen LogP contribution in [-0.4, -0.2) is 22.6 Å². The van der Waals surface area contributed by atoms with Crippen molar-refractivity contribution in [1.82, 2.24) is 9.55 Å². The second kappa shape index (κ2) is 8.54. The van der Waals surface area contributed by atoms with Crippen molar-refractivity contribution in [2.24, 2.45) is 12.0 Å². The van der Waals surface area contributed by atoms with Crippen LogP contribution in [-0.2, 0) is 13.5 Å². The fraction of sp³-hybridized carbons (Fsp3) is 0.120. The number of nitrogens with one attached hydrogen (secondary N) is 1. The van der Waals surface area contributed by atoms with Gasteiger partial charge in [-0.1, -0.05) is 30.3 Å². The lowest BCUT2D eigenvalue weighted by Gasteiger charge is -2.08. The zero-order valence-corrected chi connectivity index (χ0v) is 16.8. The van der Waals surface area contributed by atoms with Gasteiger partial charge >= 0.3 is 0 Å². The monoisotopic (exact) mass is 395 g/mol. The van der Waals surface area contributed by atoms with Crippen molar-refractivity contribution in [2.45, 2.75) is 6.42 Å². The second-order valence-electron chi connectivity index (χ2n) is 6.86. The van der Waals surface area contributed by atoms with Gasteiger partial charge in [0.05, 0.1) is 12.8 Å². The molecule has 5 heteroatoms. The first kappa shape index (κ1) is 19.3.